The summed E-state index contributed by atoms with van der Waals surface area (Å²) in [7, 11) is 0. The summed E-state index contributed by atoms with van der Waals surface area (Å²) in [4.78, 5) is 21.3. The molecule has 0 bridgehead atoms. The minimum absolute atomic E-state index is 0.354. The number of rotatable bonds is 3. The average Bonchev–Trinajstić information content (AvgIpc) is 3.18. The number of anilines is 1. The van der Waals surface area contributed by atoms with Crippen LogP contribution >= 0.6 is 0 Å². The fourth-order valence-electron chi connectivity index (χ4n) is 4.24. The van der Waals surface area contributed by atoms with Crippen LogP contribution in [0.25, 0.3) is 27.4 Å². The van der Waals surface area contributed by atoms with E-state index in [9.17, 15) is 4.79 Å². The highest BCUT2D eigenvalue weighted by Gasteiger charge is 2.26. The van der Waals surface area contributed by atoms with Crippen LogP contribution in [0.3, 0.4) is 0 Å². The molecule has 4 aromatic rings. The van der Waals surface area contributed by atoms with Crippen LogP contribution in [0.5, 0.6) is 0 Å². The smallest absolute Gasteiger partial charge is 0.343 e. The molecule has 0 aliphatic carbocycles. The van der Waals surface area contributed by atoms with Gasteiger partial charge in [0.05, 0.1) is 16.5 Å². The number of fused-ring (bicyclic) bond motifs is 2. The maximum Gasteiger partial charge on any atom is 0.343 e. The number of benzene rings is 1. The zero-order chi connectivity index (χ0) is 22.8. The number of aromatic nitrogens is 4. The van der Waals surface area contributed by atoms with E-state index < -0.39 is 0 Å². The molecule has 4 heterocycles. The van der Waals surface area contributed by atoms with Gasteiger partial charge in [-0.2, -0.15) is 5.10 Å². The summed E-state index contributed by atoms with van der Waals surface area (Å²) in [5, 5.41) is 10.2. The lowest BCUT2D eigenvalue weighted by atomic mass is 9.92. The first-order chi connectivity index (χ1) is 15.6. The minimum atomic E-state index is -0.362. The zero-order valence-electron chi connectivity index (χ0n) is 18.8. The van der Waals surface area contributed by atoms with Crippen molar-refractivity contribution in [2.45, 2.75) is 40.2 Å². The molecule has 5 rings (SSSR count). The van der Waals surface area contributed by atoms with E-state index in [1.807, 2.05) is 52.0 Å². The summed E-state index contributed by atoms with van der Waals surface area (Å²) < 4.78 is 7.69. The Morgan fingerprint density at radius 2 is 1.94 bits per heavy atom. The largest absolute Gasteiger partial charge is 0.424 e. The minimum Gasteiger partial charge on any atom is -0.424 e. The van der Waals surface area contributed by atoms with Gasteiger partial charge in [0.15, 0.2) is 5.65 Å². The molecule has 166 valence electrons. The molecular formula is C24H28N6O2. The first-order valence-corrected chi connectivity index (χ1v) is 11.0. The second kappa shape index (κ2) is 8.92. The topological polar surface area (TPSA) is 112 Å². The van der Waals surface area contributed by atoms with Crippen LogP contribution in [0.2, 0.25) is 0 Å². The molecule has 3 N–H and O–H groups in total. The molecule has 8 nitrogen and oxygen atoms in total. The van der Waals surface area contributed by atoms with Gasteiger partial charge in [0.25, 0.3) is 0 Å². The molecule has 3 aromatic heterocycles. The summed E-state index contributed by atoms with van der Waals surface area (Å²) in [5.74, 6) is 0.964. The monoisotopic (exact) mass is 432 g/mol. The maximum absolute atomic E-state index is 12.8. The summed E-state index contributed by atoms with van der Waals surface area (Å²) in [6.07, 6.45) is 4.44. The lowest BCUT2D eigenvalue weighted by Crippen LogP contribution is -2.22. The first kappa shape index (κ1) is 21.7. The van der Waals surface area contributed by atoms with Crippen LogP contribution in [-0.2, 0) is 0 Å². The van der Waals surface area contributed by atoms with Gasteiger partial charge in [0, 0.05) is 12.1 Å². The van der Waals surface area contributed by atoms with Crippen LogP contribution < -0.4 is 16.7 Å². The molecule has 0 saturated heterocycles. The van der Waals surface area contributed by atoms with E-state index in [1.54, 1.807) is 4.68 Å². The Bertz CT molecular complexity index is 1370. The van der Waals surface area contributed by atoms with Gasteiger partial charge in [0.1, 0.15) is 23.9 Å². The van der Waals surface area contributed by atoms with E-state index in [1.165, 1.54) is 6.33 Å². The molecule has 1 atom stereocenters. The lowest BCUT2D eigenvalue weighted by Gasteiger charge is -2.21. The second-order valence-electron chi connectivity index (χ2n) is 7.52. The quantitative estimate of drug-likeness (QED) is 0.506. The Morgan fingerprint density at radius 1 is 1.19 bits per heavy atom. The van der Waals surface area contributed by atoms with Gasteiger partial charge in [-0.1, -0.05) is 38.1 Å². The highest BCUT2D eigenvalue weighted by molar-refractivity contribution is 5.94. The third kappa shape index (κ3) is 3.56. The van der Waals surface area contributed by atoms with Gasteiger partial charge in [0.2, 0.25) is 0 Å². The van der Waals surface area contributed by atoms with Crippen LogP contribution in [0.4, 0.5) is 5.82 Å². The zero-order valence-corrected chi connectivity index (χ0v) is 18.8. The molecule has 1 aliphatic heterocycles. The highest BCUT2D eigenvalue weighted by Crippen LogP contribution is 2.35. The van der Waals surface area contributed by atoms with Crippen LogP contribution in [0, 0.1) is 6.92 Å². The third-order valence-corrected chi connectivity index (χ3v) is 5.69. The van der Waals surface area contributed by atoms with Crippen molar-refractivity contribution in [2.24, 2.45) is 0 Å². The van der Waals surface area contributed by atoms with Gasteiger partial charge < -0.3 is 15.5 Å². The Morgan fingerprint density at radius 3 is 2.66 bits per heavy atom. The lowest BCUT2D eigenvalue weighted by molar-refractivity contribution is 0.400. The first-order valence-electron chi connectivity index (χ1n) is 11.0. The van der Waals surface area contributed by atoms with Crippen molar-refractivity contribution in [1.82, 2.24) is 25.1 Å². The Kier molecular flexibility index (Phi) is 6.05. The van der Waals surface area contributed by atoms with Gasteiger partial charge >= 0.3 is 5.63 Å². The van der Waals surface area contributed by atoms with E-state index in [4.69, 9.17) is 10.2 Å². The van der Waals surface area contributed by atoms with Gasteiger partial charge in [-0.3, -0.25) is 0 Å². The standard InChI is InChI=1S/C22H22N6O2.C2H6/c1-12-17-20(23)25-11-26-21(17)28(27-12)13(2)19-18(14-7-9-24-10-8-14)15-5-3-4-6-16(15)22(29)30-19;1-2/h3-7,11,13,24H,8-10H2,1-2H3,(H2,23,25,26);1-2H3. The Balaban J connectivity index is 0.00000119. The van der Waals surface area contributed by atoms with Crippen molar-refractivity contribution >= 4 is 33.2 Å². The van der Waals surface area contributed by atoms with Crippen molar-refractivity contribution in [2.75, 3.05) is 18.8 Å². The average molecular weight is 433 g/mol. The summed E-state index contributed by atoms with van der Waals surface area (Å²) >= 11 is 0. The Hall–Kier alpha value is -3.52. The number of nitrogens with two attached hydrogens (primary N) is 1. The number of nitrogens with one attached hydrogen (secondary N) is 1. The van der Waals surface area contributed by atoms with E-state index in [2.05, 4.69) is 26.5 Å². The van der Waals surface area contributed by atoms with Crippen molar-refractivity contribution in [3.05, 3.63) is 64.1 Å². The molecule has 0 fully saturated rings. The second-order valence-corrected chi connectivity index (χ2v) is 7.52. The molecule has 1 aromatic carbocycles. The summed E-state index contributed by atoms with van der Waals surface area (Å²) in [6, 6.07) is 7.23. The molecule has 0 saturated carbocycles. The predicted octanol–water partition coefficient (Wildman–Crippen LogP) is 3.84. The number of nitrogens with zero attached hydrogens (tertiary/aromatic N) is 4. The van der Waals surface area contributed by atoms with Crippen molar-refractivity contribution in [1.29, 1.82) is 0 Å². The SMILES string of the molecule is CC.Cc1nn(C(C)c2oc(=O)c3ccccc3c2C2=CCNCC2)c2ncnc(N)c12. The van der Waals surface area contributed by atoms with E-state index in [0.717, 1.165) is 47.1 Å². The molecule has 32 heavy (non-hydrogen) atoms. The molecule has 1 unspecified atom stereocenters. The molecule has 0 spiro atoms. The fraction of sp³-hybridized carbons (Fsp3) is 0.333. The molecule has 1 aliphatic rings. The number of aryl methyl sites for hydroxylation is 1. The van der Waals surface area contributed by atoms with E-state index in [0.29, 0.717) is 22.6 Å². The predicted molar refractivity (Wildman–Crippen MR) is 128 cm³/mol. The van der Waals surface area contributed by atoms with Crippen molar-refractivity contribution < 1.29 is 4.42 Å². The number of hydrogen-bond acceptors (Lipinski definition) is 7. The summed E-state index contributed by atoms with van der Waals surface area (Å²) in [6.45, 7) is 9.49. The molecular weight excluding hydrogens is 404 g/mol. The van der Waals surface area contributed by atoms with Crippen molar-refractivity contribution in [3.63, 3.8) is 0 Å². The van der Waals surface area contributed by atoms with Crippen molar-refractivity contribution in [3.8, 4) is 0 Å². The molecule has 8 heteroatoms. The number of nitrogen functional groups attached to an aromatic ring is 1. The van der Waals surface area contributed by atoms with Gasteiger partial charge in [-0.05, 0) is 43.8 Å². The van der Waals surface area contributed by atoms with E-state index in [-0.39, 0.29) is 11.7 Å². The van der Waals surface area contributed by atoms with E-state index >= 15 is 0 Å². The highest BCUT2D eigenvalue weighted by atomic mass is 16.4. The number of hydrogen-bond donors (Lipinski definition) is 2. The Labute approximate surface area is 186 Å². The maximum atomic E-state index is 12.8. The van der Waals surface area contributed by atoms with Crippen LogP contribution in [0.1, 0.15) is 50.3 Å². The normalized spacial score (nSPS) is 14.7. The molecule has 0 radical (unpaired) electrons. The van der Waals surface area contributed by atoms with Gasteiger partial charge in [-0.15, -0.1) is 0 Å². The molecule has 0 amide bonds. The third-order valence-electron chi connectivity index (χ3n) is 5.69. The van der Waals surface area contributed by atoms with Crippen LogP contribution in [-0.4, -0.2) is 32.8 Å². The van der Waals surface area contributed by atoms with Gasteiger partial charge in [-0.25, -0.2) is 19.4 Å². The summed E-state index contributed by atoms with van der Waals surface area (Å²) in [5.41, 5.74) is 9.19. The van der Waals surface area contributed by atoms with Crippen LogP contribution in [0.15, 0.2) is 45.9 Å². The fourth-order valence-corrected chi connectivity index (χ4v) is 4.24.